The minimum Gasteiger partial charge on any atom is -0.296 e. The zero-order chi connectivity index (χ0) is 15.6. The average molecular weight is 377 g/mol. The summed E-state index contributed by atoms with van der Waals surface area (Å²) in [6, 6.07) is 9.63. The first-order valence-corrected chi connectivity index (χ1v) is 9.39. The van der Waals surface area contributed by atoms with Gasteiger partial charge in [-0.3, -0.25) is 4.90 Å². The average Bonchev–Trinajstić information content (AvgIpc) is 3.01. The first-order chi connectivity index (χ1) is 10.6. The maximum Gasteiger partial charge on any atom is 0.246 e. The number of benzene rings is 1. The number of hydrogen-bond donors (Lipinski definition) is 0. The van der Waals surface area contributed by atoms with Gasteiger partial charge >= 0.3 is 0 Å². The van der Waals surface area contributed by atoms with Crippen LogP contribution in [0.25, 0.3) is 0 Å². The topological polar surface area (TPSA) is 40.6 Å². The van der Waals surface area contributed by atoms with Gasteiger partial charge in [0, 0.05) is 37.6 Å². The highest BCUT2D eigenvalue weighted by molar-refractivity contribution is 7.89. The lowest BCUT2D eigenvalue weighted by atomic mass is 10.3. The molecule has 1 aliphatic rings. The molecule has 0 amide bonds. The molecule has 23 heavy (non-hydrogen) atoms. The van der Waals surface area contributed by atoms with Crippen LogP contribution in [0.4, 0.5) is 4.39 Å². The van der Waals surface area contributed by atoms with Crippen LogP contribution in [0.1, 0.15) is 4.88 Å². The first kappa shape index (κ1) is 18.4. The van der Waals surface area contributed by atoms with Crippen molar-refractivity contribution in [3.8, 4) is 0 Å². The fraction of sp³-hybridized carbons (Fsp3) is 0.333. The van der Waals surface area contributed by atoms with Gasteiger partial charge in [-0.2, -0.15) is 4.31 Å². The molecule has 0 saturated carbocycles. The van der Waals surface area contributed by atoms with Gasteiger partial charge in [0.1, 0.15) is 10.7 Å². The van der Waals surface area contributed by atoms with E-state index in [9.17, 15) is 12.8 Å². The summed E-state index contributed by atoms with van der Waals surface area (Å²) < 4.78 is 40.1. The summed E-state index contributed by atoms with van der Waals surface area (Å²) >= 11 is 1.70. The van der Waals surface area contributed by atoms with Crippen molar-refractivity contribution < 1.29 is 12.8 Å². The van der Waals surface area contributed by atoms with E-state index in [0.717, 1.165) is 6.54 Å². The van der Waals surface area contributed by atoms with Gasteiger partial charge in [-0.25, -0.2) is 12.8 Å². The highest BCUT2D eigenvalue weighted by atomic mass is 35.5. The summed E-state index contributed by atoms with van der Waals surface area (Å²) in [5, 5.41) is 2.04. The molecule has 0 unspecified atom stereocenters. The second-order valence-corrected chi connectivity index (χ2v) is 8.13. The number of sulfonamides is 1. The molecule has 8 heteroatoms. The Morgan fingerprint density at radius 1 is 1.04 bits per heavy atom. The molecule has 0 atom stereocenters. The molecule has 0 N–H and O–H groups in total. The van der Waals surface area contributed by atoms with Crippen LogP contribution in [0.2, 0.25) is 0 Å². The van der Waals surface area contributed by atoms with Crippen molar-refractivity contribution in [2.45, 2.75) is 11.4 Å². The number of hydrogen-bond acceptors (Lipinski definition) is 4. The third-order valence-corrected chi connectivity index (χ3v) is 6.54. The molecular formula is C15H18ClFN2O2S2. The quantitative estimate of drug-likeness (QED) is 0.823. The Morgan fingerprint density at radius 2 is 1.74 bits per heavy atom. The van der Waals surface area contributed by atoms with Gasteiger partial charge in [0.05, 0.1) is 0 Å². The summed E-state index contributed by atoms with van der Waals surface area (Å²) in [4.78, 5) is 3.26. The van der Waals surface area contributed by atoms with Gasteiger partial charge in [0.25, 0.3) is 0 Å². The zero-order valence-electron chi connectivity index (χ0n) is 12.4. The molecule has 0 aliphatic carbocycles. The third kappa shape index (κ3) is 4.10. The van der Waals surface area contributed by atoms with E-state index in [2.05, 4.69) is 11.0 Å². The number of thiophene rings is 1. The van der Waals surface area contributed by atoms with E-state index in [1.165, 1.54) is 27.4 Å². The van der Waals surface area contributed by atoms with E-state index in [1.54, 1.807) is 17.4 Å². The molecule has 2 aromatic rings. The van der Waals surface area contributed by atoms with E-state index in [4.69, 9.17) is 0 Å². The predicted octanol–water partition coefficient (Wildman–Crippen LogP) is 2.82. The fourth-order valence-corrected chi connectivity index (χ4v) is 4.78. The van der Waals surface area contributed by atoms with Gasteiger partial charge in [-0.15, -0.1) is 23.7 Å². The molecule has 126 valence electrons. The lowest BCUT2D eigenvalue weighted by Gasteiger charge is -2.33. The van der Waals surface area contributed by atoms with Crippen LogP contribution in [-0.2, 0) is 16.6 Å². The highest BCUT2D eigenvalue weighted by Gasteiger charge is 2.30. The maximum absolute atomic E-state index is 13.8. The Hall–Kier alpha value is -0.990. The van der Waals surface area contributed by atoms with Crippen molar-refractivity contribution in [1.82, 2.24) is 9.21 Å². The third-order valence-electron chi connectivity index (χ3n) is 3.75. The normalized spacial score (nSPS) is 16.9. The molecule has 1 saturated heterocycles. The van der Waals surface area contributed by atoms with E-state index in [-0.39, 0.29) is 17.3 Å². The van der Waals surface area contributed by atoms with E-state index >= 15 is 0 Å². The Kier molecular flexibility index (Phi) is 6.16. The minimum absolute atomic E-state index is 0. The molecule has 1 aliphatic heterocycles. The summed E-state index contributed by atoms with van der Waals surface area (Å²) in [6.07, 6.45) is 0. The van der Waals surface area contributed by atoms with Crippen LogP contribution in [0, 0.1) is 5.82 Å². The summed E-state index contributed by atoms with van der Waals surface area (Å²) in [5.41, 5.74) is 0. The first-order valence-electron chi connectivity index (χ1n) is 7.07. The minimum atomic E-state index is -3.74. The van der Waals surface area contributed by atoms with Gasteiger partial charge < -0.3 is 0 Å². The number of halogens is 2. The van der Waals surface area contributed by atoms with E-state index < -0.39 is 15.8 Å². The van der Waals surface area contributed by atoms with Crippen LogP contribution in [-0.4, -0.2) is 43.8 Å². The zero-order valence-corrected chi connectivity index (χ0v) is 14.8. The molecule has 0 spiro atoms. The second kappa shape index (κ2) is 7.72. The largest absolute Gasteiger partial charge is 0.296 e. The summed E-state index contributed by atoms with van der Waals surface area (Å²) in [5.74, 6) is -0.691. The predicted molar refractivity (Wildman–Crippen MR) is 92.0 cm³/mol. The molecule has 3 rings (SSSR count). The monoisotopic (exact) mass is 376 g/mol. The van der Waals surface area contributed by atoms with Gasteiger partial charge in [-0.1, -0.05) is 18.2 Å². The molecule has 1 aromatic heterocycles. The van der Waals surface area contributed by atoms with Crippen molar-refractivity contribution >= 4 is 33.8 Å². The van der Waals surface area contributed by atoms with Crippen molar-refractivity contribution in [1.29, 1.82) is 0 Å². The molecule has 1 fully saturated rings. The number of piperazine rings is 1. The number of nitrogens with zero attached hydrogens (tertiary/aromatic N) is 2. The smallest absolute Gasteiger partial charge is 0.246 e. The number of rotatable bonds is 4. The second-order valence-electron chi connectivity index (χ2n) is 5.19. The Morgan fingerprint density at radius 3 is 2.35 bits per heavy atom. The van der Waals surface area contributed by atoms with Crippen molar-refractivity contribution in [3.05, 3.63) is 52.5 Å². The van der Waals surface area contributed by atoms with Crippen LogP contribution < -0.4 is 0 Å². The molecule has 0 radical (unpaired) electrons. The maximum atomic E-state index is 13.8. The standard InChI is InChI=1S/C15H17FN2O2S2.ClH/c16-14-5-1-2-6-15(14)22(19,20)18-9-7-17(8-10-18)12-13-4-3-11-21-13;/h1-6,11H,7-10,12H2;1H. The Labute approximate surface area is 146 Å². The molecule has 0 bridgehead atoms. The van der Waals surface area contributed by atoms with Gasteiger partial charge in [0.2, 0.25) is 10.0 Å². The van der Waals surface area contributed by atoms with Crippen molar-refractivity contribution in [2.75, 3.05) is 26.2 Å². The molecule has 4 nitrogen and oxygen atoms in total. The van der Waals surface area contributed by atoms with E-state index in [1.807, 2.05) is 11.4 Å². The Bertz CT molecular complexity index is 730. The fourth-order valence-electron chi connectivity index (χ4n) is 2.54. The van der Waals surface area contributed by atoms with Crippen LogP contribution in [0.3, 0.4) is 0 Å². The molecule has 1 aromatic carbocycles. The highest BCUT2D eigenvalue weighted by Crippen LogP contribution is 2.21. The summed E-state index contributed by atoms with van der Waals surface area (Å²) in [7, 11) is -3.74. The lowest BCUT2D eigenvalue weighted by molar-refractivity contribution is 0.182. The summed E-state index contributed by atoms with van der Waals surface area (Å²) in [6.45, 7) is 2.94. The van der Waals surface area contributed by atoms with Crippen molar-refractivity contribution in [3.63, 3.8) is 0 Å². The van der Waals surface area contributed by atoms with Gasteiger partial charge in [-0.05, 0) is 23.6 Å². The lowest BCUT2D eigenvalue weighted by Crippen LogP contribution is -2.48. The van der Waals surface area contributed by atoms with E-state index in [0.29, 0.717) is 26.2 Å². The SMILES string of the molecule is Cl.O=S(=O)(c1ccccc1F)N1CCN(Cc2cccs2)CC1. The molecular weight excluding hydrogens is 359 g/mol. The van der Waals surface area contributed by atoms with Crippen molar-refractivity contribution in [2.24, 2.45) is 0 Å². The van der Waals surface area contributed by atoms with Crippen LogP contribution >= 0.6 is 23.7 Å². The van der Waals surface area contributed by atoms with Crippen LogP contribution in [0.5, 0.6) is 0 Å². The van der Waals surface area contributed by atoms with Crippen LogP contribution in [0.15, 0.2) is 46.7 Å². The van der Waals surface area contributed by atoms with Gasteiger partial charge in [0.15, 0.2) is 0 Å². The molecule has 2 heterocycles. The Balaban J connectivity index is 0.00000192.